The Kier molecular flexibility index (Phi) is 11.5. The topological polar surface area (TPSA) is 172 Å². The van der Waals surface area contributed by atoms with Crippen molar-refractivity contribution in [1.29, 1.82) is 0 Å². The van der Waals surface area contributed by atoms with Gasteiger partial charge >= 0.3 is 12.2 Å². The number of carbonyl (C=O) groups is 3. The molecule has 0 saturated heterocycles. The summed E-state index contributed by atoms with van der Waals surface area (Å²) >= 11 is 0. The summed E-state index contributed by atoms with van der Waals surface area (Å²) in [6, 6.07) is -0.591. The zero-order chi connectivity index (χ0) is 16.8. The minimum atomic E-state index is -0.916. The van der Waals surface area contributed by atoms with Crippen LogP contribution in [0.15, 0.2) is 0 Å². The molecule has 1 unspecified atom stereocenters. The highest BCUT2D eigenvalue weighted by Gasteiger charge is 2.12. The lowest BCUT2D eigenvalue weighted by Gasteiger charge is -2.12. The lowest BCUT2D eigenvalue weighted by Crippen LogP contribution is -2.42. The molecule has 0 rings (SSSR count). The van der Waals surface area contributed by atoms with Crippen LogP contribution in [0.2, 0.25) is 0 Å². The Hall–Kier alpha value is -2.07. The molecule has 1 atom stereocenters. The van der Waals surface area contributed by atoms with Gasteiger partial charge in [-0.2, -0.15) is 0 Å². The predicted octanol–water partition coefficient (Wildman–Crippen LogP) is -1.62. The molecule has 10 heteroatoms. The van der Waals surface area contributed by atoms with Crippen molar-refractivity contribution < 1.29 is 23.9 Å². The molecule has 3 amide bonds. The number of unbranched alkanes of at least 4 members (excludes halogenated alkanes) is 1. The molecule has 0 fully saturated rings. The first-order valence-corrected chi connectivity index (χ1v) is 7.03. The number of hydrogen-bond donors (Lipinski definition) is 5. The lowest BCUT2D eigenvalue weighted by atomic mass is 10.1. The summed E-state index contributed by atoms with van der Waals surface area (Å²) < 4.78 is 9.19. The van der Waals surface area contributed by atoms with Crippen LogP contribution in [0.1, 0.15) is 19.3 Å². The van der Waals surface area contributed by atoms with Crippen LogP contribution < -0.4 is 27.8 Å². The lowest BCUT2D eigenvalue weighted by molar-refractivity contribution is -0.122. The normalized spacial score (nSPS) is 11.4. The summed E-state index contributed by atoms with van der Waals surface area (Å²) in [4.78, 5) is 33.0. The number of carbonyl (C=O) groups excluding carboxylic acids is 3. The van der Waals surface area contributed by atoms with E-state index in [2.05, 4.69) is 15.4 Å². The maximum absolute atomic E-state index is 11.6. The molecule has 8 N–H and O–H groups in total. The molecule has 0 heterocycles. The van der Waals surface area contributed by atoms with E-state index in [0.29, 0.717) is 13.0 Å². The second kappa shape index (κ2) is 12.7. The number of alkyl carbamates (subject to hydrolysis) is 1. The van der Waals surface area contributed by atoms with Crippen molar-refractivity contribution in [2.24, 2.45) is 17.2 Å². The molecule has 0 saturated carbocycles. The van der Waals surface area contributed by atoms with Crippen LogP contribution in [0.4, 0.5) is 9.59 Å². The molecule has 0 aromatic carbocycles. The standard InChI is InChI=1S/C12H25N5O5/c13-4-2-1-3-9(14)10(18)16-5-8-22-12(20)17-6-7-21-11(15)19/h9H,1-8,13-14H2,(H2,15,19)(H,16,18)(H,17,20). The Morgan fingerprint density at radius 1 is 1.00 bits per heavy atom. The van der Waals surface area contributed by atoms with Crippen molar-refractivity contribution in [3.8, 4) is 0 Å². The largest absolute Gasteiger partial charge is 0.448 e. The molecule has 0 bridgehead atoms. The molecule has 0 radical (unpaired) electrons. The summed E-state index contributed by atoms with van der Waals surface area (Å²) in [6.45, 7) is 0.777. The van der Waals surface area contributed by atoms with Gasteiger partial charge in [-0.15, -0.1) is 0 Å². The third kappa shape index (κ3) is 11.7. The number of nitrogens with two attached hydrogens (primary N) is 3. The summed E-state index contributed by atoms with van der Waals surface area (Å²) in [5.41, 5.74) is 15.8. The maximum atomic E-state index is 11.6. The molecule has 0 aliphatic heterocycles. The molecule has 22 heavy (non-hydrogen) atoms. The van der Waals surface area contributed by atoms with Crippen LogP contribution in [0.3, 0.4) is 0 Å². The highest BCUT2D eigenvalue weighted by atomic mass is 16.6. The molecule has 0 aromatic rings. The van der Waals surface area contributed by atoms with Crippen LogP contribution >= 0.6 is 0 Å². The molecule has 10 nitrogen and oxygen atoms in total. The van der Waals surface area contributed by atoms with Gasteiger partial charge in [0, 0.05) is 0 Å². The van der Waals surface area contributed by atoms with Gasteiger partial charge in [0.25, 0.3) is 0 Å². The number of amides is 3. The van der Waals surface area contributed by atoms with E-state index in [-0.39, 0.29) is 32.2 Å². The van der Waals surface area contributed by atoms with Gasteiger partial charge in [0.05, 0.1) is 19.1 Å². The zero-order valence-corrected chi connectivity index (χ0v) is 12.5. The summed E-state index contributed by atoms with van der Waals surface area (Å²) in [6.07, 6.45) is 0.570. The van der Waals surface area contributed by atoms with E-state index in [9.17, 15) is 14.4 Å². The SMILES string of the molecule is NCCCCC(N)C(=O)NCCOC(=O)NCCOC(N)=O. The maximum Gasteiger partial charge on any atom is 0.407 e. The Balaban J connectivity index is 3.55. The van der Waals surface area contributed by atoms with Crippen molar-refractivity contribution in [3.63, 3.8) is 0 Å². The third-order valence-electron chi connectivity index (χ3n) is 2.56. The Labute approximate surface area is 129 Å². The average Bonchev–Trinajstić information content (AvgIpc) is 2.47. The van der Waals surface area contributed by atoms with Crippen molar-refractivity contribution in [1.82, 2.24) is 10.6 Å². The molecule has 128 valence electrons. The summed E-state index contributed by atoms with van der Waals surface area (Å²) in [5.74, 6) is -0.295. The van der Waals surface area contributed by atoms with Crippen molar-refractivity contribution in [2.75, 3.05) is 32.8 Å². The van der Waals surface area contributed by atoms with Crippen molar-refractivity contribution >= 4 is 18.1 Å². The third-order valence-corrected chi connectivity index (χ3v) is 2.56. The smallest absolute Gasteiger partial charge is 0.407 e. The van der Waals surface area contributed by atoms with Crippen LogP contribution in [-0.2, 0) is 14.3 Å². The Bertz CT molecular complexity index is 353. The van der Waals surface area contributed by atoms with Gasteiger partial charge in [-0.05, 0) is 19.4 Å². The van der Waals surface area contributed by atoms with Gasteiger partial charge in [-0.3, -0.25) is 4.79 Å². The number of primary amides is 1. The molecule has 0 spiro atoms. The number of hydrogen-bond acceptors (Lipinski definition) is 7. The van der Waals surface area contributed by atoms with Crippen LogP contribution in [0.25, 0.3) is 0 Å². The number of ether oxygens (including phenoxy) is 2. The summed E-state index contributed by atoms with van der Waals surface area (Å²) in [5, 5.41) is 4.90. The first-order valence-electron chi connectivity index (χ1n) is 7.03. The Morgan fingerprint density at radius 3 is 2.27 bits per heavy atom. The quantitative estimate of drug-likeness (QED) is 0.285. The van der Waals surface area contributed by atoms with Crippen molar-refractivity contribution in [2.45, 2.75) is 25.3 Å². The van der Waals surface area contributed by atoms with Gasteiger partial charge in [0.15, 0.2) is 0 Å². The average molecular weight is 319 g/mol. The van der Waals surface area contributed by atoms with Gasteiger partial charge in [0.2, 0.25) is 5.91 Å². The number of rotatable bonds is 11. The molecule has 0 aliphatic rings. The zero-order valence-electron chi connectivity index (χ0n) is 12.5. The molecule has 0 aromatic heterocycles. The van der Waals surface area contributed by atoms with Crippen LogP contribution in [-0.4, -0.2) is 57.0 Å². The molecular weight excluding hydrogens is 294 g/mol. The molecular formula is C12H25N5O5. The second-order valence-electron chi connectivity index (χ2n) is 4.41. The van der Waals surface area contributed by atoms with Gasteiger partial charge in [-0.1, -0.05) is 6.42 Å². The minimum absolute atomic E-state index is 0.00374. The van der Waals surface area contributed by atoms with Crippen LogP contribution in [0, 0.1) is 0 Å². The predicted molar refractivity (Wildman–Crippen MR) is 78.8 cm³/mol. The van der Waals surface area contributed by atoms with E-state index in [0.717, 1.165) is 12.8 Å². The minimum Gasteiger partial charge on any atom is -0.448 e. The first kappa shape index (κ1) is 19.9. The highest BCUT2D eigenvalue weighted by Crippen LogP contribution is 1.97. The van der Waals surface area contributed by atoms with E-state index in [4.69, 9.17) is 21.9 Å². The van der Waals surface area contributed by atoms with Gasteiger partial charge < -0.3 is 37.3 Å². The van der Waals surface area contributed by atoms with Gasteiger partial charge in [0.1, 0.15) is 13.2 Å². The first-order chi connectivity index (χ1) is 10.5. The fourth-order valence-electron chi connectivity index (χ4n) is 1.44. The van der Waals surface area contributed by atoms with E-state index >= 15 is 0 Å². The van der Waals surface area contributed by atoms with Gasteiger partial charge in [-0.25, -0.2) is 9.59 Å². The van der Waals surface area contributed by atoms with E-state index in [1.54, 1.807) is 0 Å². The van der Waals surface area contributed by atoms with E-state index in [1.807, 2.05) is 0 Å². The van der Waals surface area contributed by atoms with E-state index < -0.39 is 18.2 Å². The van der Waals surface area contributed by atoms with Crippen molar-refractivity contribution in [3.05, 3.63) is 0 Å². The second-order valence-corrected chi connectivity index (χ2v) is 4.41. The van der Waals surface area contributed by atoms with E-state index in [1.165, 1.54) is 0 Å². The highest BCUT2D eigenvalue weighted by molar-refractivity contribution is 5.81. The monoisotopic (exact) mass is 319 g/mol. The van der Waals surface area contributed by atoms with Crippen LogP contribution in [0.5, 0.6) is 0 Å². The Morgan fingerprint density at radius 2 is 1.64 bits per heavy atom. The fourth-order valence-corrected chi connectivity index (χ4v) is 1.44. The summed E-state index contributed by atoms with van der Waals surface area (Å²) in [7, 11) is 0. The fraction of sp³-hybridized carbons (Fsp3) is 0.750. The molecule has 0 aliphatic carbocycles. The number of nitrogens with one attached hydrogen (secondary N) is 2.